The van der Waals surface area contributed by atoms with Crippen molar-refractivity contribution in [1.29, 1.82) is 0 Å². The van der Waals surface area contributed by atoms with E-state index in [1.54, 1.807) is 6.07 Å². The van der Waals surface area contributed by atoms with Gasteiger partial charge >= 0.3 is 0 Å². The molecule has 1 unspecified atom stereocenters. The summed E-state index contributed by atoms with van der Waals surface area (Å²) in [4.78, 5) is 11.8. The zero-order valence-electron chi connectivity index (χ0n) is 10.8. The Hall–Kier alpha value is -0.300. The number of hydrogen-bond acceptors (Lipinski definition) is 3. The summed E-state index contributed by atoms with van der Waals surface area (Å²) in [6.07, 6.45) is 0.472. The third kappa shape index (κ3) is 5.60. The van der Waals surface area contributed by atoms with Gasteiger partial charge in [0.25, 0.3) is 0 Å². The van der Waals surface area contributed by atoms with Crippen LogP contribution in [0.2, 0.25) is 0 Å². The Balaban J connectivity index is 0.00000200. The third-order valence-electron chi connectivity index (χ3n) is 2.91. The Labute approximate surface area is 137 Å². The maximum atomic E-state index is 13.1. The highest BCUT2D eigenvalue weighted by atomic mass is 79.9. The van der Waals surface area contributed by atoms with Gasteiger partial charge in [0.15, 0.2) is 0 Å². The van der Waals surface area contributed by atoms with Gasteiger partial charge in [0.1, 0.15) is 5.82 Å². The second kappa shape index (κ2) is 8.87. The van der Waals surface area contributed by atoms with Crippen molar-refractivity contribution >= 4 is 46.0 Å². The first-order valence-electron chi connectivity index (χ1n) is 6.17. The van der Waals surface area contributed by atoms with Crippen LogP contribution in [0.25, 0.3) is 0 Å². The molecule has 0 saturated carbocycles. The van der Waals surface area contributed by atoms with Crippen LogP contribution in [0.4, 0.5) is 4.39 Å². The van der Waals surface area contributed by atoms with Gasteiger partial charge < -0.3 is 10.6 Å². The summed E-state index contributed by atoms with van der Waals surface area (Å²) in [5.41, 5.74) is 0.749. The summed E-state index contributed by atoms with van der Waals surface area (Å²) in [5, 5.41) is 6.15. The highest BCUT2D eigenvalue weighted by Gasteiger charge is 2.16. The van der Waals surface area contributed by atoms with E-state index in [0.29, 0.717) is 13.0 Å². The van der Waals surface area contributed by atoms with Crippen LogP contribution in [0, 0.1) is 5.82 Å². The fraction of sp³-hybridized carbons (Fsp3) is 0.462. The van der Waals surface area contributed by atoms with Gasteiger partial charge in [0.2, 0.25) is 5.91 Å². The van der Waals surface area contributed by atoms with Gasteiger partial charge in [-0.15, -0.1) is 12.4 Å². The van der Waals surface area contributed by atoms with Crippen LogP contribution in [0.1, 0.15) is 12.0 Å². The topological polar surface area (TPSA) is 41.1 Å². The van der Waals surface area contributed by atoms with Crippen LogP contribution in [0.5, 0.6) is 0 Å². The fourth-order valence-electron chi connectivity index (χ4n) is 1.92. The van der Waals surface area contributed by atoms with E-state index in [9.17, 15) is 9.18 Å². The number of rotatable bonds is 4. The Morgan fingerprint density at radius 1 is 1.55 bits per heavy atom. The number of nitrogens with one attached hydrogen (secondary N) is 2. The van der Waals surface area contributed by atoms with Gasteiger partial charge in [-0.05, 0) is 23.8 Å². The molecule has 1 amide bonds. The smallest absolute Gasteiger partial charge is 0.221 e. The second-order valence-corrected chi connectivity index (χ2v) is 6.45. The zero-order chi connectivity index (χ0) is 13.7. The van der Waals surface area contributed by atoms with Crippen LogP contribution in [0.15, 0.2) is 22.7 Å². The van der Waals surface area contributed by atoms with Crippen LogP contribution in [0.3, 0.4) is 0 Å². The van der Waals surface area contributed by atoms with E-state index in [4.69, 9.17) is 0 Å². The van der Waals surface area contributed by atoms with Gasteiger partial charge in [-0.2, -0.15) is 11.8 Å². The molecule has 0 aromatic heterocycles. The summed E-state index contributed by atoms with van der Waals surface area (Å²) >= 11 is 5.21. The third-order valence-corrected chi connectivity index (χ3v) is 4.82. The second-order valence-electron chi connectivity index (χ2n) is 4.44. The molecular weight excluding hydrogens is 367 g/mol. The average molecular weight is 384 g/mol. The molecule has 3 nitrogen and oxygen atoms in total. The van der Waals surface area contributed by atoms with Crippen molar-refractivity contribution in [2.75, 3.05) is 18.1 Å². The molecule has 1 saturated heterocycles. The van der Waals surface area contributed by atoms with E-state index in [2.05, 4.69) is 26.6 Å². The molecule has 112 valence electrons. The van der Waals surface area contributed by atoms with Crippen molar-refractivity contribution in [3.63, 3.8) is 0 Å². The molecule has 0 spiro atoms. The molecule has 1 aromatic carbocycles. The van der Waals surface area contributed by atoms with Crippen LogP contribution < -0.4 is 10.6 Å². The van der Waals surface area contributed by atoms with Crippen molar-refractivity contribution in [3.05, 3.63) is 34.1 Å². The highest BCUT2D eigenvalue weighted by molar-refractivity contribution is 9.10. The van der Waals surface area contributed by atoms with E-state index in [-0.39, 0.29) is 30.2 Å². The predicted molar refractivity (Wildman–Crippen MR) is 86.9 cm³/mol. The number of thioether (sulfide) groups is 1. The number of halogens is 3. The van der Waals surface area contributed by atoms with Crippen LogP contribution in [-0.4, -0.2) is 30.0 Å². The lowest BCUT2D eigenvalue weighted by molar-refractivity contribution is -0.121. The summed E-state index contributed by atoms with van der Waals surface area (Å²) < 4.78 is 13.9. The maximum absolute atomic E-state index is 13.1. The van der Waals surface area contributed by atoms with Gasteiger partial charge in [0, 0.05) is 41.5 Å². The largest absolute Gasteiger partial charge is 0.352 e. The highest BCUT2D eigenvalue weighted by Crippen LogP contribution is 2.17. The minimum atomic E-state index is -0.294. The molecular formula is C13H17BrClFN2OS. The Bertz CT molecular complexity index is 458. The first-order valence-corrected chi connectivity index (χ1v) is 8.11. The molecule has 0 aliphatic carbocycles. The molecule has 1 aromatic rings. The van der Waals surface area contributed by atoms with Crippen molar-refractivity contribution in [3.8, 4) is 0 Å². The van der Waals surface area contributed by atoms with Gasteiger partial charge in [0.05, 0.1) is 0 Å². The number of carbonyl (C=O) groups excluding carboxylic acids is 1. The summed E-state index contributed by atoms with van der Waals surface area (Å²) in [7, 11) is 0. The lowest BCUT2D eigenvalue weighted by atomic mass is 10.2. The lowest BCUT2D eigenvalue weighted by Crippen LogP contribution is -2.41. The number of benzene rings is 1. The van der Waals surface area contributed by atoms with E-state index < -0.39 is 0 Å². The summed E-state index contributed by atoms with van der Waals surface area (Å²) in [6.45, 7) is 1.30. The predicted octanol–water partition coefficient (Wildman–Crippen LogP) is 2.72. The number of hydrogen-bond donors (Lipinski definition) is 2. The molecule has 0 bridgehead atoms. The maximum Gasteiger partial charge on any atom is 0.221 e. The summed E-state index contributed by atoms with van der Waals surface area (Å²) in [5.74, 6) is 1.78. The molecule has 1 heterocycles. The molecule has 20 heavy (non-hydrogen) atoms. The summed E-state index contributed by atoms with van der Waals surface area (Å²) in [6, 6.07) is 4.71. The van der Waals surface area contributed by atoms with Crippen molar-refractivity contribution < 1.29 is 9.18 Å². The minimum Gasteiger partial charge on any atom is -0.352 e. The van der Waals surface area contributed by atoms with Gasteiger partial charge in [-0.1, -0.05) is 15.9 Å². The number of amides is 1. The molecule has 1 aliphatic heterocycles. The van der Waals surface area contributed by atoms with Crippen molar-refractivity contribution in [1.82, 2.24) is 10.6 Å². The van der Waals surface area contributed by atoms with Crippen LogP contribution in [-0.2, 0) is 11.3 Å². The molecule has 1 aliphatic rings. The fourth-order valence-corrected chi connectivity index (χ4v) is 3.26. The van der Waals surface area contributed by atoms with E-state index >= 15 is 0 Å². The van der Waals surface area contributed by atoms with Gasteiger partial charge in [-0.25, -0.2) is 4.39 Å². The van der Waals surface area contributed by atoms with E-state index in [0.717, 1.165) is 28.1 Å². The van der Waals surface area contributed by atoms with Crippen LogP contribution >= 0.6 is 40.1 Å². The standard InChI is InChI=1S/C13H16BrFN2OS.ClH/c14-12-2-1-10(15)5-9(12)7-17-13(18)6-11-8-19-4-3-16-11;/h1-2,5,11,16H,3-4,6-8H2,(H,17,18);1H. The molecule has 1 fully saturated rings. The Morgan fingerprint density at radius 2 is 2.35 bits per heavy atom. The van der Waals surface area contributed by atoms with Crippen molar-refractivity contribution in [2.24, 2.45) is 0 Å². The van der Waals surface area contributed by atoms with Crippen molar-refractivity contribution in [2.45, 2.75) is 19.0 Å². The Morgan fingerprint density at radius 3 is 3.05 bits per heavy atom. The number of carbonyl (C=O) groups is 1. The lowest BCUT2D eigenvalue weighted by Gasteiger charge is -2.22. The molecule has 2 N–H and O–H groups in total. The first-order chi connectivity index (χ1) is 9.15. The quantitative estimate of drug-likeness (QED) is 0.840. The monoisotopic (exact) mass is 382 g/mol. The molecule has 1 atom stereocenters. The van der Waals surface area contributed by atoms with E-state index in [1.807, 2.05) is 11.8 Å². The Kier molecular flexibility index (Phi) is 7.87. The minimum absolute atomic E-state index is 0. The molecule has 7 heteroatoms. The first kappa shape index (κ1) is 17.8. The normalized spacial score (nSPS) is 18.2. The zero-order valence-corrected chi connectivity index (χ0v) is 14.0. The molecule has 2 rings (SSSR count). The van der Waals surface area contributed by atoms with E-state index in [1.165, 1.54) is 12.1 Å². The SMILES string of the molecule is Cl.O=C(CC1CSCCN1)NCc1cc(F)ccc1Br. The molecule has 0 radical (unpaired) electrons. The van der Waals surface area contributed by atoms with Gasteiger partial charge in [-0.3, -0.25) is 4.79 Å². The average Bonchev–Trinajstić information content (AvgIpc) is 2.41.